The van der Waals surface area contributed by atoms with Gasteiger partial charge in [-0.3, -0.25) is 0 Å². The van der Waals surface area contributed by atoms with Crippen molar-refractivity contribution in [2.45, 2.75) is 19.4 Å². The van der Waals surface area contributed by atoms with Gasteiger partial charge in [0.25, 0.3) is 0 Å². The van der Waals surface area contributed by atoms with Crippen molar-refractivity contribution < 1.29 is 14.6 Å². The zero-order chi connectivity index (χ0) is 15.8. The molecule has 1 aliphatic rings. The molecule has 0 saturated heterocycles. The first-order valence-corrected chi connectivity index (χ1v) is 7.41. The Balaban J connectivity index is 1.78. The van der Waals surface area contributed by atoms with Gasteiger partial charge >= 0.3 is 0 Å². The Morgan fingerprint density at radius 2 is 2.09 bits per heavy atom. The highest BCUT2D eigenvalue weighted by molar-refractivity contribution is 5.63. The van der Waals surface area contributed by atoms with Crippen molar-refractivity contribution in [3.63, 3.8) is 0 Å². The molecule has 0 fully saturated rings. The number of hydrogen-bond acceptors (Lipinski definition) is 4. The number of aliphatic hydroxyl groups excluding tert-OH is 1. The van der Waals surface area contributed by atoms with E-state index in [9.17, 15) is 9.90 Å². The van der Waals surface area contributed by atoms with E-state index >= 15 is 0 Å². The van der Waals surface area contributed by atoms with Crippen LogP contribution in [0.5, 0.6) is 0 Å². The smallest absolute Gasteiger partial charge is 0.175 e. The summed E-state index contributed by atoms with van der Waals surface area (Å²) in [5.41, 5.74) is 1.65. The Morgan fingerprint density at radius 1 is 1.32 bits per heavy atom. The third kappa shape index (κ3) is 4.10. The van der Waals surface area contributed by atoms with E-state index < -0.39 is 0 Å². The van der Waals surface area contributed by atoms with Gasteiger partial charge in [-0.1, -0.05) is 36.4 Å². The van der Waals surface area contributed by atoms with Gasteiger partial charge in [0, 0.05) is 12.5 Å². The Kier molecular flexibility index (Phi) is 6.01. The predicted octanol–water partition coefficient (Wildman–Crippen LogP) is 2.92. The lowest BCUT2D eigenvalue weighted by Crippen LogP contribution is -2.17. The van der Waals surface area contributed by atoms with E-state index in [-0.39, 0.29) is 17.4 Å². The van der Waals surface area contributed by atoms with Crippen LogP contribution in [0, 0.1) is 5.92 Å². The summed E-state index contributed by atoms with van der Waals surface area (Å²) in [5, 5.41) is 13.1. The summed E-state index contributed by atoms with van der Waals surface area (Å²) in [6.45, 7) is 1.70. The number of methoxy groups -OCH3 is 1. The van der Waals surface area contributed by atoms with E-state index in [0.717, 1.165) is 25.9 Å². The number of aliphatic hydroxyl groups is 1. The van der Waals surface area contributed by atoms with Crippen LogP contribution in [0.3, 0.4) is 0 Å². The average Bonchev–Trinajstić information content (AvgIpc) is 2.56. The van der Waals surface area contributed by atoms with Crippen molar-refractivity contribution in [2.75, 3.05) is 13.7 Å². The van der Waals surface area contributed by atoms with E-state index in [1.807, 2.05) is 30.2 Å². The van der Waals surface area contributed by atoms with E-state index in [0.29, 0.717) is 5.57 Å². The van der Waals surface area contributed by atoms with Gasteiger partial charge in [0.1, 0.15) is 5.94 Å². The molecule has 1 aliphatic carbocycles. The van der Waals surface area contributed by atoms with Gasteiger partial charge < -0.3 is 15.2 Å². The number of nitrogens with one attached hydrogen (secondary N) is 1. The molecule has 0 radical (unpaired) electrons. The minimum atomic E-state index is -0.0538. The van der Waals surface area contributed by atoms with Crippen LogP contribution in [0.15, 0.2) is 59.6 Å². The quantitative estimate of drug-likeness (QED) is 0.600. The summed E-state index contributed by atoms with van der Waals surface area (Å²) in [6.07, 6.45) is 5.14. The molecule has 0 aromatic heterocycles. The van der Waals surface area contributed by atoms with Gasteiger partial charge in [-0.25, -0.2) is 4.79 Å². The van der Waals surface area contributed by atoms with Crippen molar-refractivity contribution in [1.82, 2.24) is 5.32 Å². The molecule has 22 heavy (non-hydrogen) atoms. The van der Waals surface area contributed by atoms with E-state index in [1.54, 1.807) is 6.08 Å². The lowest BCUT2D eigenvalue weighted by Gasteiger charge is -2.20. The molecule has 2 N–H and O–H groups in total. The molecular formula is C18H21NO3. The molecule has 116 valence electrons. The van der Waals surface area contributed by atoms with E-state index in [2.05, 4.69) is 17.4 Å². The number of hydrogen-bond donors (Lipinski definition) is 2. The van der Waals surface area contributed by atoms with Gasteiger partial charge in [0.05, 0.1) is 12.7 Å². The highest BCUT2D eigenvalue weighted by atomic mass is 16.5. The number of allylic oxidation sites excluding steroid dienone is 3. The van der Waals surface area contributed by atoms with E-state index in [1.165, 1.54) is 12.7 Å². The summed E-state index contributed by atoms with van der Waals surface area (Å²) in [4.78, 5) is 11.1. The molecule has 0 amide bonds. The topological polar surface area (TPSA) is 58.6 Å². The predicted molar refractivity (Wildman–Crippen MR) is 85.9 cm³/mol. The third-order valence-electron chi connectivity index (χ3n) is 3.69. The van der Waals surface area contributed by atoms with Crippen LogP contribution in [0.4, 0.5) is 0 Å². The zero-order valence-corrected chi connectivity index (χ0v) is 12.7. The molecule has 0 bridgehead atoms. The molecular weight excluding hydrogens is 278 g/mol. The minimum Gasteiger partial charge on any atom is -0.504 e. The molecule has 4 nitrogen and oxygen atoms in total. The number of carbonyl (C=O) groups excluding carboxylic acids is 1. The van der Waals surface area contributed by atoms with Crippen molar-refractivity contribution in [2.24, 2.45) is 5.92 Å². The second kappa shape index (κ2) is 8.23. The van der Waals surface area contributed by atoms with Crippen molar-refractivity contribution in [1.29, 1.82) is 0 Å². The normalized spacial score (nSPS) is 17.5. The third-order valence-corrected chi connectivity index (χ3v) is 3.69. The maximum absolute atomic E-state index is 11.1. The standard InChI is InChI=1S/C18H21NO3/c1-22-18-16(13-20)15(9-10-17(18)21)8-5-11-19-12-14-6-3-2-4-7-14/h2-4,6-7,9-10,15,19,21H,5,8,11-12H2,1H3. The summed E-state index contributed by atoms with van der Waals surface area (Å²) in [7, 11) is 1.44. The van der Waals surface area contributed by atoms with Crippen LogP contribution in [0.25, 0.3) is 0 Å². The zero-order valence-electron chi connectivity index (χ0n) is 12.7. The average molecular weight is 299 g/mol. The molecule has 1 aromatic rings. The number of benzene rings is 1. The Hall–Kier alpha value is -2.29. The SMILES string of the molecule is COC1=C(O)C=CC(CCCNCc2ccccc2)C1=C=O. The lowest BCUT2D eigenvalue weighted by molar-refractivity contribution is 0.260. The summed E-state index contributed by atoms with van der Waals surface area (Å²) in [5.74, 6) is 2.07. The highest BCUT2D eigenvalue weighted by Crippen LogP contribution is 2.29. The molecule has 0 aliphatic heterocycles. The van der Waals surface area contributed by atoms with Crippen LogP contribution in [0.1, 0.15) is 18.4 Å². The van der Waals surface area contributed by atoms with Crippen molar-refractivity contribution >= 4 is 5.94 Å². The largest absolute Gasteiger partial charge is 0.504 e. The molecule has 1 atom stereocenters. The van der Waals surface area contributed by atoms with Crippen molar-refractivity contribution in [3.05, 3.63) is 65.1 Å². The van der Waals surface area contributed by atoms with Gasteiger partial charge in [-0.05, 0) is 31.0 Å². The maximum atomic E-state index is 11.1. The Bertz CT molecular complexity index is 598. The monoisotopic (exact) mass is 299 g/mol. The van der Waals surface area contributed by atoms with Crippen LogP contribution in [-0.4, -0.2) is 24.7 Å². The van der Waals surface area contributed by atoms with Crippen LogP contribution in [0.2, 0.25) is 0 Å². The Morgan fingerprint density at radius 3 is 2.77 bits per heavy atom. The summed E-state index contributed by atoms with van der Waals surface area (Å²) in [6, 6.07) is 10.2. The second-order valence-electron chi connectivity index (χ2n) is 5.20. The first kappa shape index (κ1) is 16.1. The Labute approximate surface area is 130 Å². The molecule has 2 rings (SSSR count). The first-order chi connectivity index (χ1) is 10.8. The van der Waals surface area contributed by atoms with E-state index in [4.69, 9.17) is 4.74 Å². The van der Waals surface area contributed by atoms with Crippen LogP contribution in [-0.2, 0) is 16.1 Å². The van der Waals surface area contributed by atoms with Gasteiger partial charge in [-0.15, -0.1) is 0 Å². The summed E-state index contributed by atoms with van der Waals surface area (Å²) >= 11 is 0. The minimum absolute atomic E-state index is 0.0145. The highest BCUT2D eigenvalue weighted by Gasteiger charge is 2.24. The maximum Gasteiger partial charge on any atom is 0.175 e. The van der Waals surface area contributed by atoms with Crippen LogP contribution >= 0.6 is 0 Å². The molecule has 1 unspecified atom stereocenters. The van der Waals surface area contributed by atoms with Crippen molar-refractivity contribution in [3.8, 4) is 0 Å². The van der Waals surface area contributed by atoms with Gasteiger partial charge in [0.15, 0.2) is 11.5 Å². The lowest BCUT2D eigenvalue weighted by atomic mass is 9.89. The van der Waals surface area contributed by atoms with Crippen LogP contribution < -0.4 is 5.32 Å². The van der Waals surface area contributed by atoms with Gasteiger partial charge in [0.2, 0.25) is 0 Å². The fourth-order valence-electron chi connectivity index (χ4n) is 2.54. The number of rotatable bonds is 7. The molecule has 0 spiro atoms. The number of ether oxygens (including phenoxy) is 1. The van der Waals surface area contributed by atoms with Gasteiger partial charge in [-0.2, -0.15) is 0 Å². The molecule has 1 aromatic carbocycles. The second-order valence-corrected chi connectivity index (χ2v) is 5.20. The first-order valence-electron chi connectivity index (χ1n) is 7.41. The summed E-state index contributed by atoms with van der Waals surface area (Å²) < 4.78 is 5.09. The molecule has 4 heteroatoms. The fourth-order valence-corrected chi connectivity index (χ4v) is 2.54. The molecule has 0 heterocycles. The molecule has 0 saturated carbocycles. The fraction of sp³-hybridized carbons (Fsp3) is 0.333.